The Hall–Kier alpha value is -1.98. The van der Waals surface area contributed by atoms with E-state index in [-0.39, 0.29) is 5.69 Å². The van der Waals surface area contributed by atoms with E-state index in [1.807, 2.05) is 0 Å². The molecule has 20 heavy (non-hydrogen) atoms. The van der Waals surface area contributed by atoms with Crippen molar-refractivity contribution in [1.82, 2.24) is 4.98 Å². The van der Waals surface area contributed by atoms with Crippen LogP contribution < -0.4 is 0 Å². The molecule has 0 unspecified atom stereocenters. The van der Waals surface area contributed by atoms with Gasteiger partial charge >= 0.3 is 12.1 Å². The number of hydrogen-bond donors (Lipinski definition) is 1. The van der Waals surface area contributed by atoms with Crippen LogP contribution >= 0.6 is 0 Å². The van der Waals surface area contributed by atoms with Crippen LogP contribution in [0.3, 0.4) is 0 Å². The van der Waals surface area contributed by atoms with E-state index in [1.165, 1.54) is 12.1 Å². The molecule has 0 spiro atoms. The first-order valence-electron chi connectivity index (χ1n) is 5.99. The van der Waals surface area contributed by atoms with E-state index in [0.29, 0.717) is 10.9 Å². The molecule has 1 aromatic carbocycles. The van der Waals surface area contributed by atoms with Gasteiger partial charge in [-0.1, -0.05) is 0 Å². The number of ether oxygens (including phenoxy) is 1. The number of esters is 1. The number of fused-ring (bicyclic) bond motifs is 1. The summed E-state index contributed by atoms with van der Waals surface area (Å²) in [5.74, 6) is -0.595. The van der Waals surface area contributed by atoms with Gasteiger partial charge in [0.05, 0.1) is 5.56 Å². The molecule has 108 valence electrons. The number of rotatable bonds is 1. The number of hydrogen-bond acceptors (Lipinski definition) is 2. The molecule has 0 saturated carbocycles. The highest BCUT2D eigenvalue weighted by atomic mass is 19.4. The third-order valence-corrected chi connectivity index (χ3v) is 2.57. The second kappa shape index (κ2) is 4.54. The zero-order valence-corrected chi connectivity index (χ0v) is 11.3. The maximum atomic E-state index is 12.6. The molecular formula is C14H14F3NO2. The van der Waals surface area contributed by atoms with Crippen molar-refractivity contribution >= 4 is 16.9 Å². The standard InChI is InChI=1S/C14H14F3NO2/c1-13(2,3)20-12(19)11-7-8-6-9(14(15,16)17)4-5-10(8)18-11/h4-7,18H,1-3H3. The van der Waals surface area contributed by atoms with Crippen LogP contribution in [0.5, 0.6) is 0 Å². The fourth-order valence-corrected chi connectivity index (χ4v) is 1.75. The average molecular weight is 285 g/mol. The molecule has 0 aliphatic heterocycles. The predicted octanol–water partition coefficient (Wildman–Crippen LogP) is 4.14. The summed E-state index contributed by atoms with van der Waals surface area (Å²) in [5, 5.41) is 0.320. The molecule has 2 aromatic rings. The van der Waals surface area contributed by atoms with Gasteiger partial charge in [0.1, 0.15) is 11.3 Å². The average Bonchev–Trinajstić information content (AvgIpc) is 2.67. The van der Waals surface area contributed by atoms with Gasteiger partial charge < -0.3 is 9.72 Å². The van der Waals surface area contributed by atoms with Crippen LogP contribution in [-0.2, 0) is 10.9 Å². The van der Waals surface area contributed by atoms with Crippen molar-refractivity contribution in [2.24, 2.45) is 0 Å². The Kier molecular flexibility index (Phi) is 3.28. The molecule has 0 fully saturated rings. The lowest BCUT2D eigenvalue weighted by Crippen LogP contribution is -2.24. The highest BCUT2D eigenvalue weighted by Gasteiger charge is 2.30. The largest absolute Gasteiger partial charge is 0.455 e. The minimum Gasteiger partial charge on any atom is -0.455 e. The SMILES string of the molecule is CC(C)(C)OC(=O)c1cc2cc(C(F)(F)F)ccc2[nH]1. The lowest BCUT2D eigenvalue weighted by Gasteiger charge is -2.18. The maximum Gasteiger partial charge on any atom is 0.416 e. The van der Waals surface area contributed by atoms with Crippen molar-refractivity contribution in [3.63, 3.8) is 0 Å². The molecule has 0 radical (unpaired) electrons. The maximum absolute atomic E-state index is 12.6. The summed E-state index contributed by atoms with van der Waals surface area (Å²) in [7, 11) is 0. The van der Waals surface area contributed by atoms with Crippen LogP contribution in [0.1, 0.15) is 36.8 Å². The van der Waals surface area contributed by atoms with Crippen LogP contribution in [-0.4, -0.2) is 16.6 Å². The van der Waals surface area contributed by atoms with Gasteiger partial charge in [0.25, 0.3) is 0 Å². The predicted molar refractivity (Wildman–Crippen MR) is 68.5 cm³/mol. The Bertz CT molecular complexity index is 650. The molecule has 0 bridgehead atoms. The topological polar surface area (TPSA) is 42.1 Å². The summed E-state index contributed by atoms with van der Waals surface area (Å²) in [6.45, 7) is 5.15. The summed E-state index contributed by atoms with van der Waals surface area (Å²) in [4.78, 5) is 14.6. The van der Waals surface area contributed by atoms with E-state index >= 15 is 0 Å². The van der Waals surface area contributed by atoms with Gasteiger partial charge in [-0.05, 0) is 45.0 Å². The zero-order valence-electron chi connectivity index (χ0n) is 11.3. The van der Waals surface area contributed by atoms with Gasteiger partial charge in [0.2, 0.25) is 0 Å². The van der Waals surface area contributed by atoms with Crippen LogP contribution in [0.2, 0.25) is 0 Å². The number of aromatic amines is 1. The first-order chi connectivity index (χ1) is 9.06. The molecule has 0 amide bonds. The normalized spacial score (nSPS) is 12.7. The Morgan fingerprint density at radius 1 is 1.15 bits per heavy atom. The molecule has 0 aliphatic carbocycles. The molecule has 2 rings (SSSR count). The first kappa shape index (κ1) is 14.4. The smallest absolute Gasteiger partial charge is 0.416 e. The van der Waals surface area contributed by atoms with Gasteiger partial charge in [-0.15, -0.1) is 0 Å². The number of aromatic nitrogens is 1. The summed E-state index contributed by atoms with van der Waals surface area (Å²) in [5.41, 5.74) is -0.821. The summed E-state index contributed by atoms with van der Waals surface area (Å²) in [6.07, 6.45) is -4.41. The van der Waals surface area contributed by atoms with E-state index in [2.05, 4.69) is 4.98 Å². The van der Waals surface area contributed by atoms with Crippen LogP contribution in [0.4, 0.5) is 13.2 Å². The monoisotopic (exact) mass is 285 g/mol. The van der Waals surface area contributed by atoms with Crippen molar-refractivity contribution < 1.29 is 22.7 Å². The number of alkyl halides is 3. The molecule has 0 aliphatic rings. The molecule has 1 N–H and O–H groups in total. The van der Waals surface area contributed by atoms with Crippen molar-refractivity contribution in [2.75, 3.05) is 0 Å². The Morgan fingerprint density at radius 3 is 2.35 bits per heavy atom. The highest BCUT2D eigenvalue weighted by Crippen LogP contribution is 2.31. The Morgan fingerprint density at radius 2 is 1.80 bits per heavy atom. The zero-order chi connectivity index (χ0) is 15.1. The van der Waals surface area contributed by atoms with Gasteiger partial charge in [-0.3, -0.25) is 0 Å². The molecule has 1 heterocycles. The number of nitrogens with one attached hydrogen (secondary N) is 1. The van der Waals surface area contributed by atoms with E-state index in [0.717, 1.165) is 12.1 Å². The number of carbonyl (C=O) groups is 1. The highest BCUT2D eigenvalue weighted by molar-refractivity contribution is 5.95. The first-order valence-corrected chi connectivity index (χ1v) is 5.99. The number of benzene rings is 1. The van der Waals surface area contributed by atoms with Crippen LogP contribution in [0.25, 0.3) is 10.9 Å². The summed E-state index contributed by atoms with van der Waals surface area (Å²) >= 11 is 0. The fraction of sp³-hybridized carbons (Fsp3) is 0.357. The lowest BCUT2D eigenvalue weighted by molar-refractivity contribution is -0.137. The van der Waals surface area contributed by atoms with Crippen LogP contribution in [0, 0.1) is 0 Å². The fourth-order valence-electron chi connectivity index (χ4n) is 1.75. The number of H-pyrrole nitrogens is 1. The lowest BCUT2D eigenvalue weighted by atomic mass is 10.1. The molecule has 1 aromatic heterocycles. The van der Waals surface area contributed by atoms with E-state index in [4.69, 9.17) is 4.74 Å². The van der Waals surface area contributed by atoms with Crippen molar-refractivity contribution in [3.05, 3.63) is 35.5 Å². The van der Waals surface area contributed by atoms with Crippen molar-refractivity contribution in [1.29, 1.82) is 0 Å². The summed E-state index contributed by atoms with van der Waals surface area (Å²) in [6, 6.07) is 4.63. The van der Waals surface area contributed by atoms with Gasteiger partial charge in [-0.25, -0.2) is 4.79 Å². The van der Waals surface area contributed by atoms with Gasteiger partial charge in [0.15, 0.2) is 0 Å². The van der Waals surface area contributed by atoms with Crippen molar-refractivity contribution in [3.8, 4) is 0 Å². The number of halogens is 3. The Balaban J connectivity index is 2.37. The van der Waals surface area contributed by atoms with Gasteiger partial charge in [-0.2, -0.15) is 13.2 Å². The molecule has 3 nitrogen and oxygen atoms in total. The third-order valence-electron chi connectivity index (χ3n) is 2.57. The van der Waals surface area contributed by atoms with E-state index in [1.54, 1.807) is 20.8 Å². The molecule has 6 heteroatoms. The minimum absolute atomic E-state index is 0.134. The minimum atomic E-state index is -4.41. The summed E-state index contributed by atoms with van der Waals surface area (Å²) < 4.78 is 43.0. The van der Waals surface area contributed by atoms with E-state index in [9.17, 15) is 18.0 Å². The second-order valence-electron chi connectivity index (χ2n) is 5.48. The van der Waals surface area contributed by atoms with Crippen LogP contribution in [0.15, 0.2) is 24.3 Å². The molecule has 0 atom stereocenters. The second-order valence-corrected chi connectivity index (χ2v) is 5.48. The quantitative estimate of drug-likeness (QED) is 0.800. The molecule has 0 saturated heterocycles. The third kappa shape index (κ3) is 3.12. The number of carbonyl (C=O) groups excluding carboxylic acids is 1. The van der Waals surface area contributed by atoms with Crippen molar-refractivity contribution in [2.45, 2.75) is 32.5 Å². The van der Waals surface area contributed by atoms with Gasteiger partial charge in [0, 0.05) is 10.9 Å². The van der Waals surface area contributed by atoms with E-state index < -0.39 is 23.3 Å². The Labute approximate surface area is 113 Å². The molecular weight excluding hydrogens is 271 g/mol.